The molecule has 1 heterocycles. The average Bonchev–Trinajstić information content (AvgIpc) is 2.33. The van der Waals surface area contributed by atoms with Crippen molar-refractivity contribution in [2.24, 2.45) is 0 Å². The molecule has 1 aromatic rings. The van der Waals surface area contributed by atoms with E-state index in [0.29, 0.717) is 5.56 Å². The van der Waals surface area contributed by atoms with E-state index in [1.54, 1.807) is 0 Å². The quantitative estimate of drug-likeness (QED) is 0.464. The Morgan fingerprint density at radius 3 is 2.90 bits per heavy atom. The first-order chi connectivity index (χ1) is 4.75. The minimum Gasteiger partial charge on any atom is -0.409 e. The summed E-state index contributed by atoms with van der Waals surface area (Å²) >= 11 is 0. The summed E-state index contributed by atoms with van der Waals surface area (Å²) < 4.78 is 4.55. The molecule has 0 aliphatic heterocycles. The number of nitro groups is 1. The molecule has 0 aliphatic carbocycles. The lowest BCUT2D eigenvalue weighted by Gasteiger charge is -1.83. The molecule has 0 bridgehead atoms. The summed E-state index contributed by atoms with van der Waals surface area (Å²) in [5.41, 5.74) is 0.407. The van der Waals surface area contributed by atoms with Crippen LogP contribution in [0.2, 0.25) is 0 Å². The fraction of sp³-hybridized carbons (Fsp3) is 0. The Hall–Kier alpha value is -1.58. The summed E-state index contributed by atoms with van der Waals surface area (Å²) in [5.74, 6) is -0.255. The normalized spacial score (nSPS) is 9.20. The zero-order valence-corrected chi connectivity index (χ0v) is 5.11. The molecule has 0 N–H and O–H groups in total. The monoisotopic (exact) mass is 139 g/mol. The minimum absolute atomic E-state index is 0.255. The van der Waals surface area contributed by atoms with Crippen LogP contribution in [-0.4, -0.2) is 4.92 Å². The highest BCUT2D eigenvalue weighted by molar-refractivity contribution is 5.54. The third kappa shape index (κ3) is 0.907. The highest BCUT2D eigenvalue weighted by Crippen LogP contribution is 2.19. The van der Waals surface area contributed by atoms with Gasteiger partial charge in [-0.05, 0) is 6.07 Å². The molecule has 0 atom stereocenters. The van der Waals surface area contributed by atoms with Gasteiger partial charge >= 0.3 is 5.88 Å². The largest absolute Gasteiger partial charge is 0.440 e. The Kier molecular flexibility index (Phi) is 1.53. The van der Waals surface area contributed by atoms with Gasteiger partial charge in [0.05, 0.1) is 11.8 Å². The van der Waals surface area contributed by atoms with Crippen molar-refractivity contribution >= 4 is 12.0 Å². The Balaban J connectivity index is 3.13. The van der Waals surface area contributed by atoms with E-state index in [2.05, 4.69) is 11.0 Å². The van der Waals surface area contributed by atoms with Crippen molar-refractivity contribution in [1.29, 1.82) is 0 Å². The summed E-state index contributed by atoms with van der Waals surface area (Å²) in [7, 11) is 0. The van der Waals surface area contributed by atoms with Crippen molar-refractivity contribution in [2.75, 3.05) is 0 Å². The molecular formula is C6H5NO3. The Morgan fingerprint density at radius 1 is 1.80 bits per heavy atom. The van der Waals surface area contributed by atoms with Gasteiger partial charge in [0.15, 0.2) is 0 Å². The molecule has 10 heavy (non-hydrogen) atoms. The molecule has 0 spiro atoms. The topological polar surface area (TPSA) is 56.3 Å². The standard InChI is InChI=1S/C6H5NO3/c1-2-5-3-4-10-6(5)7(8)9/h2-4H,1H2. The van der Waals surface area contributed by atoms with E-state index in [-0.39, 0.29) is 5.88 Å². The highest BCUT2D eigenvalue weighted by Gasteiger charge is 2.13. The van der Waals surface area contributed by atoms with Gasteiger partial charge in [0, 0.05) is 0 Å². The van der Waals surface area contributed by atoms with Crippen LogP contribution in [0.5, 0.6) is 0 Å². The summed E-state index contributed by atoms with van der Waals surface area (Å²) in [6.45, 7) is 3.38. The summed E-state index contributed by atoms with van der Waals surface area (Å²) in [5, 5.41) is 10.1. The Labute approximate surface area is 56.9 Å². The van der Waals surface area contributed by atoms with Gasteiger partial charge in [0.1, 0.15) is 4.92 Å². The van der Waals surface area contributed by atoms with Gasteiger partial charge in [-0.1, -0.05) is 12.7 Å². The first-order valence-electron chi connectivity index (χ1n) is 2.60. The molecule has 1 rings (SSSR count). The molecular weight excluding hydrogens is 134 g/mol. The molecule has 4 nitrogen and oxygen atoms in total. The zero-order valence-electron chi connectivity index (χ0n) is 5.11. The van der Waals surface area contributed by atoms with Crippen LogP contribution >= 0.6 is 0 Å². The van der Waals surface area contributed by atoms with E-state index in [1.165, 1.54) is 18.4 Å². The Bertz CT molecular complexity index is 264. The lowest BCUT2D eigenvalue weighted by molar-refractivity contribution is -0.402. The van der Waals surface area contributed by atoms with E-state index >= 15 is 0 Å². The molecule has 0 aromatic carbocycles. The van der Waals surface area contributed by atoms with Gasteiger partial charge in [-0.25, -0.2) is 0 Å². The number of rotatable bonds is 2. The molecule has 52 valence electrons. The van der Waals surface area contributed by atoms with Crippen LogP contribution in [0.15, 0.2) is 23.3 Å². The number of furan rings is 1. The second-order valence-corrected chi connectivity index (χ2v) is 1.64. The van der Waals surface area contributed by atoms with Gasteiger partial charge in [0.25, 0.3) is 0 Å². The molecule has 0 radical (unpaired) electrons. The van der Waals surface area contributed by atoms with Crippen molar-refractivity contribution < 1.29 is 9.34 Å². The van der Waals surface area contributed by atoms with E-state index < -0.39 is 4.92 Å². The van der Waals surface area contributed by atoms with Crippen molar-refractivity contribution in [1.82, 2.24) is 0 Å². The van der Waals surface area contributed by atoms with Crippen LogP contribution in [0, 0.1) is 10.1 Å². The van der Waals surface area contributed by atoms with Crippen LogP contribution in [0.25, 0.3) is 6.08 Å². The zero-order chi connectivity index (χ0) is 7.56. The predicted octanol–water partition coefficient (Wildman–Crippen LogP) is 1.83. The molecule has 1 aromatic heterocycles. The Morgan fingerprint density at radius 2 is 2.50 bits per heavy atom. The van der Waals surface area contributed by atoms with Gasteiger partial charge in [-0.3, -0.25) is 10.1 Å². The molecule has 0 saturated heterocycles. The maximum Gasteiger partial charge on any atom is 0.440 e. The second-order valence-electron chi connectivity index (χ2n) is 1.64. The summed E-state index contributed by atoms with van der Waals surface area (Å²) in [6, 6.07) is 1.49. The molecule has 0 unspecified atom stereocenters. The van der Waals surface area contributed by atoms with Gasteiger partial charge in [-0.15, -0.1) is 0 Å². The lowest BCUT2D eigenvalue weighted by atomic mass is 10.3. The van der Waals surface area contributed by atoms with Crippen LogP contribution < -0.4 is 0 Å². The second kappa shape index (κ2) is 2.34. The van der Waals surface area contributed by atoms with E-state index in [4.69, 9.17) is 0 Å². The predicted molar refractivity (Wildman–Crippen MR) is 35.5 cm³/mol. The number of nitrogens with zero attached hydrogens (tertiary/aromatic N) is 1. The maximum atomic E-state index is 10.1. The molecule has 0 saturated carbocycles. The lowest BCUT2D eigenvalue weighted by Crippen LogP contribution is -1.85. The first-order valence-corrected chi connectivity index (χ1v) is 2.60. The molecule has 0 amide bonds. The van der Waals surface area contributed by atoms with Crippen LogP contribution in [0.3, 0.4) is 0 Å². The SMILES string of the molecule is C=Cc1ccoc1[N+](=O)[O-]. The first kappa shape index (κ1) is 6.54. The fourth-order valence-corrected chi connectivity index (χ4v) is 0.615. The third-order valence-corrected chi connectivity index (χ3v) is 1.06. The maximum absolute atomic E-state index is 10.1. The average molecular weight is 139 g/mol. The van der Waals surface area contributed by atoms with E-state index in [0.717, 1.165) is 0 Å². The van der Waals surface area contributed by atoms with Crippen molar-refractivity contribution in [3.8, 4) is 0 Å². The van der Waals surface area contributed by atoms with Crippen molar-refractivity contribution in [3.63, 3.8) is 0 Å². The molecule has 0 aliphatic rings. The van der Waals surface area contributed by atoms with Gasteiger partial charge in [0.2, 0.25) is 0 Å². The van der Waals surface area contributed by atoms with Crippen LogP contribution in [-0.2, 0) is 0 Å². The highest BCUT2D eigenvalue weighted by atomic mass is 16.6. The summed E-state index contributed by atoms with van der Waals surface area (Å²) in [6.07, 6.45) is 2.64. The van der Waals surface area contributed by atoms with Crippen molar-refractivity contribution in [3.05, 3.63) is 34.6 Å². The van der Waals surface area contributed by atoms with Gasteiger partial charge < -0.3 is 4.42 Å². The van der Waals surface area contributed by atoms with Gasteiger partial charge in [-0.2, -0.15) is 0 Å². The number of hydrogen-bond acceptors (Lipinski definition) is 3. The van der Waals surface area contributed by atoms with Crippen molar-refractivity contribution in [2.45, 2.75) is 0 Å². The molecule has 0 fully saturated rings. The van der Waals surface area contributed by atoms with E-state index in [1.807, 2.05) is 0 Å². The minimum atomic E-state index is -0.586. The fourth-order valence-electron chi connectivity index (χ4n) is 0.615. The van der Waals surface area contributed by atoms with Crippen LogP contribution in [0.1, 0.15) is 5.56 Å². The van der Waals surface area contributed by atoms with Crippen LogP contribution in [0.4, 0.5) is 5.88 Å². The third-order valence-electron chi connectivity index (χ3n) is 1.06. The smallest absolute Gasteiger partial charge is 0.409 e. The molecule has 4 heteroatoms. The summed E-state index contributed by atoms with van der Waals surface area (Å²) in [4.78, 5) is 9.52. The van der Waals surface area contributed by atoms with E-state index in [9.17, 15) is 10.1 Å². The number of hydrogen-bond donors (Lipinski definition) is 0.